The number of carboxylic acid groups (broad SMARTS) is 2. The predicted octanol–water partition coefficient (Wildman–Crippen LogP) is 1.18. The highest BCUT2D eigenvalue weighted by atomic mass is 32.1. The van der Waals surface area contributed by atoms with E-state index in [1.165, 1.54) is 43.9 Å². The van der Waals surface area contributed by atoms with E-state index in [1.54, 1.807) is 0 Å². The van der Waals surface area contributed by atoms with E-state index >= 15 is 0 Å². The maximum atomic E-state index is 9.10. The fourth-order valence-corrected chi connectivity index (χ4v) is 3.61. The van der Waals surface area contributed by atoms with Crippen molar-refractivity contribution in [3.63, 3.8) is 0 Å². The van der Waals surface area contributed by atoms with Crippen molar-refractivity contribution in [1.82, 2.24) is 9.88 Å². The molecule has 1 atom stereocenters. The van der Waals surface area contributed by atoms with Crippen molar-refractivity contribution in [3.8, 4) is 0 Å². The van der Waals surface area contributed by atoms with Crippen molar-refractivity contribution >= 4 is 23.3 Å². The molecule has 3 saturated heterocycles. The molecule has 3 aliphatic heterocycles. The van der Waals surface area contributed by atoms with Crippen LogP contribution in [0.2, 0.25) is 0 Å². The van der Waals surface area contributed by atoms with Gasteiger partial charge in [-0.15, -0.1) is 11.3 Å². The summed E-state index contributed by atoms with van der Waals surface area (Å²) in [6.07, 6.45) is 6.01. The quantitative estimate of drug-likeness (QED) is 0.797. The summed E-state index contributed by atoms with van der Waals surface area (Å²) in [7, 11) is 0. The number of carboxylic acids is 2. The molecular formula is C13H18N2O4S. The second-order valence-electron chi connectivity index (χ2n) is 5.14. The molecule has 0 aliphatic carbocycles. The first-order valence-electron chi connectivity index (χ1n) is 6.63. The van der Waals surface area contributed by atoms with Crippen LogP contribution < -0.4 is 0 Å². The lowest BCUT2D eigenvalue weighted by atomic mass is 9.77. The van der Waals surface area contributed by atoms with Crippen LogP contribution in [0.15, 0.2) is 11.6 Å². The van der Waals surface area contributed by atoms with Crippen LogP contribution in [0.1, 0.15) is 17.8 Å². The summed E-state index contributed by atoms with van der Waals surface area (Å²) >= 11 is 1.81. The molecule has 2 N–H and O–H groups in total. The van der Waals surface area contributed by atoms with Crippen LogP contribution in [-0.4, -0.2) is 51.7 Å². The lowest BCUT2D eigenvalue weighted by Gasteiger charge is -2.44. The van der Waals surface area contributed by atoms with Crippen LogP contribution in [0, 0.1) is 11.8 Å². The Kier molecular flexibility index (Phi) is 5.08. The van der Waals surface area contributed by atoms with Gasteiger partial charge >= 0.3 is 11.9 Å². The third kappa shape index (κ3) is 4.01. The number of nitrogens with zero attached hydrogens (tertiary/aromatic N) is 2. The second-order valence-corrected chi connectivity index (χ2v) is 6.12. The van der Waals surface area contributed by atoms with E-state index < -0.39 is 11.9 Å². The van der Waals surface area contributed by atoms with E-state index in [0.29, 0.717) is 0 Å². The van der Waals surface area contributed by atoms with Gasteiger partial charge in [-0.25, -0.2) is 14.6 Å². The topological polar surface area (TPSA) is 90.7 Å². The smallest absolute Gasteiger partial charge is 0.414 e. The fourth-order valence-electron chi connectivity index (χ4n) is 2.90. The van der Waals surface area contributed by atoms with E-state index in [1.807, 2.05) is 17.5 Å². The molecule has 1 aromatic rings. The van der Waals surface area contributed by atoms with E-state index in [4.69, 9.17) is 19.8 Å². The lowest BCUT2D eigenvalue weighted by molar-refractivity contribution is -0.159. The lowest BCUT2D eigenvalue weighted by Crippen LogP contribution is -2.48. The zero-order valence-corrected chi connectivity index (χ0v) is 11.9. The monoisotopic (exact) mass is 298 g/mol. The minimum absolute atomic E-state index is 0.892. The molecular weight excluding hydrogens is 280 g/mol. The zero-order valence-electron chi connectivity index (χ0n) is 11.1. The molecule has 0 saturated carbocycles. The third-order valence-corrected chi connectivity index (χ3v) is 4.70. The first-order chi connectivity index (χ1) is 9.56. The first kappa shape index (κ1) is 14.9. The van der Waals surface area contributed by atoms with Gasteiger partial charge in [0.2, 0.25) is 0 Å². The number of fused-ring (bicyclic) bond motifs is 3. The minimum atomic E-state index is -1.82. The van der Waals surface area contributed by atoms with Gasteiger partial charge < -0.3 is 15.1 Å². The normalized spacial score (nSPS) is 27.5. The van der Waals surface area contributed by atoms with Gasteiger partial charge in [-0.1, -0.05) is 0 Å². The molecule has 4 rings (SSSR count). The van der Waals surface area contributed by atoms with Crippen molar-refractivity contribution in [2.45, 2.75) is 19.3 Å². The van der Waals surface area contributed by atoms with Crippen molar-refractivity contribution in [2.75, 3.05) is 19.6 Å². The number of carbonyl (C=O) groups is 2. The zero-order chi connectivity index (χ0) is 14.5. The molecule has 1 aromatic heterocycles. The van der Waals surface area contributed by atoms with Gasteiger partial charge in [0.1, 0.15) is 0 Å². The molecule has 0 spiro atoms. The van der Waals surface area contributed by atoms with Crippen LogP contribution in [0.25, 0.3) is 0 Å². The molecule has 110 valence electrons. The molecule has 0 radical (unpaired) electrons. The summed E-state index contributed by atoms with van der Waals surface area (Å²) < 4.78 is 0. The van der Waals surface area contributed by atoms with E-state index in [2.05, 4.69) is 15.3 Å². The number of hydrogen-bond acceptors (Lipinski definition) is 5. The predicted molar refractivity (Wildman–Crippen MR) is 73.7 cm³/mol. The van der Waals surface area contributed by atoms with E-state index in [-0.39, 0.29) is 0 Å². The Morgan fingerprint density at radius 1 is 1.30 bits per heavy atom. The number of aromatic nitrogens is 1. The van der Waals surface area contributed by atoms with Gasteiger partial charge in [-0.05, 0) is 37.8 Å². The average molecular weight is 298 g/mol. The van der Waals surface area contributed by atoms with Crippen molar-refractivity contribution in [3.05, 3.63) is 16.6 Å². The highest BCUT2D eigenvalue weighted by Gasteiger charge is 2.34. The molecule has 4 heterocycles. The Morgan fingerprint density at radius 3 is 2.35 bits per heavy atom. The van der Waals surface area contributed by atoms with Gasteiger partial charge in [0.25, 0.3) is 0 Å². The summed E-state index contributed by atoms with van der Waals surface area (Å²) in [6.45, 7) is 4.02. The molecule has 7 heteroatoms. The first-order valence-corrected chi connectivity index (χ1v) is 7.51. The summed E-state index contributed by atoms with van der Waals surface area (Å²) in [6, 6.07) is 0. The van der Waals surface area contributed by atoms with Gasteiger partial charge in [-0.2, -0.15) is 0 Å². The minimum Gasteiger partial charge on any atom is -0.473 e. The summed E-state index contributed by atoms with van der Waals surface area (Å²) in [5.74, 6) is -1.77. The average Bonchev–Trinajstić information content (AvgIpc) is 2.93. The van der Waals surface area contributed by atoms with E-state index in [9.17, 15) is 0 Å². The van der Waals surface area contributed by atoms with E-state index in [0.717, 1.165) is 11.8 Å². The largest absolute Gasteiger partial charge is 0.473 e. The molecule has 3 fully saturated rings. The molecule has 6 nitrogen and oxygen atoms in total. The molecule has 1 unspecified atom stereocenters. The summed E-state index contributed by atoms with van der Waals surface area (Å²) in [4.78, 5) is 25.2. The number of aliphatic carboxylic acids is 2. The maximum Gasteiger partial charge on any atom is 0.414 e. The molecule has 3 aliphatic rings. The molecule has 0 aromatic carbocycles. The Hall–Kier alpha value is -1.47. The molecule has 2 bridgehead atoms. The Morgan fingerprint density at radius 2 is 1.95 bits per heavy atom. The van der Waals surface area contributed by atoms with Gasteiger partial charge in [-0.3, -0.25) is 0 Å². The Balaban J connectivity index is 0.000000212. The summed E-state index contributed by atoms with van der Waals surface area (Å²) in [5.41, 5.74) is 0. The Labute approximate surface area is 121 Å². The number of hydrogen-bond donors (Lipinski definition) is 2. The second kappa shape index (κ2) is 6.81. The SMILES string of the molecule is O=C(O)C(=O)O.c1csc(CC2CN3CCC2CC3)n1. The van der Waals surface area contributed by atoms with Gasteiger partial charge in [0, 0.05) is 24.5 Å². The summed E-state index contributed by atoms with van der Waals surface area (Å²) in [5, 5.41) is 18.2. The van der Waals surface area contributed by atoms with Crippen molar-refractivity contribution in [1.29, 1.82) is 0 Å². The van der Waals surface area contributed by atoms with Gasteiger partial charge in [0.15, 0.2) is 0 Å². The van der Waals surface area contributed by atoms with Crippen molar-refractivity contribution in [2.24, 2.45) is 11.8 Å². The molecule has 20 heavy (non-hydrogen) atoms. The highest BCUT2D eigenvalue weighted by Crippen LogP contribution is 2.34. The maximum absolute atomic E-state index is 9.10. The number of rotatable bonds is 2. The van der Waals surface area contributed by atoms with Crippen LogP contribution >= 0.6 is 11.3 Å². The van der Waals surface area contributed by atoms with Crippen LogP contribution in [0.4, 0.5) is 0 Å². The number of thiazole rings is 1. The van der Waals surface area contributed by atoms with Crippen LogP contribution in [-0.2, 0) is 16.0 Å². The highest BCUT2D eigenvalue weighted by molar-refractivity contribution is 7.09. The third-order valence-electron chi connectivity index (χ3n) is 3.89. The molecule has 0 amide bonds. The fraction of sp³-hybridized carbons (Fsp3) is 0.615. The van der Waals surface area contributed by atoms with Crippen molar-refractivity contribution < 1.29 is 19.8 Å². The van der Waals surface area contributed by atoms with Gasteiger partial charge in [0.05, 0.1) is 5.01 Å². The number of piperidine rings is 3. The van der Waals surface area contributed by atoms with Crippen LogP contribution in [0.5, 0.6) is 0 Å². The standard InChI is InChI=1S/C11H16N2S.C2H2O4/c1-4-13-5-2-9(1)10(8-13)7-11-12-3-6-14-11;3-1(4)2(5)6/h3,6,9-10H,1-2,4-5,7-8H2;(H,3,4)(H,5,6). The Bertz CT molecular complexity index is 443. The van der Waals surface area contributed by atoms with Crippen LogP contribution in [0.3, 0.4) is 0 Å².